The number of aromatic amines is 1. The van der Waals surface area contributed by atoms with E-state index in [1.165, 1.54) is 11.3 Å². The maximum Gasteiger partial charge on any atom is 0.225 e. The molecular weight excluding hydrogens is 390 g/mol. The largest absolute Gasteiger partial charge is 0.385 e. The molecule has 1 aliphatic carbocycles. The van der Waals surface area contributed by atoms with Gasteiger partial charge in [0, 0.05) is 70.0 Å². The van der Waals surface area contributed by atoms with Crippen LogP contribution in [0.3, 0.4) is 0 Å². The van der Waals surface area contributed by atoms with Gasteiger partial charge in [0.2, 0.25) is 5.91 Å². The number of H-pyrrole nitrogens is 1. The molecule has 1 aliphatic rings. The molecule has 0 atom stereocenters. The zero-order chi connectivity index (χ0) is 22.6. The molecule has 2 N–H and O–H groups in total. The van der Waals surface area contributed by atoms with Gasteiger partial charge in [-0.15, -0.1) is 0 Å². The summed E-state index contributed by atoms with van der Waals surface area (Å²) in [5, 5.41) is 10.9. The molecule has 1 aromatic heterocycles. The monoisotopic (exact) mass is 435 g/mol. The van der Waals surface area contributed by atoms with E-state index in [0.29, 0.717) is 24.3 Å². The van der Waals surface area contributed by atoms with Crippen LogP contribution in [0.5, 0.6) is 0 Å². The first-order valence-corrected chi connectivity index (χ1v) is 12.1. The van der Waals surface area contributed by atoms with Gasteiger partial charge >= 0.3 is 0 Å². The Hall–Kier alpha value is -1.44. The van der Waals surface area contributed by atoms with Gasteiger partial charge in [-0.3, -0.25) is 9.89 Å². The summed E-state index contributed by atoms with van der Waals surface area (Å²) in [5.74, 6) is 1.58. The Balaban J connectivity index is 1.90. The molecule has 0 radical (unpaired) electrons. The van der Waals surface area contributed by atoms with Gasteiger partial charge in [0.05, 0.1) is 5.69 Å². The van der Waals surface area contributed by atoms with Gasteiger partial charge in [-0.05, 0) is 58.5 Å². The molecule has 1 heterocycles. The summed E-state index contributed by atoms with van der Waals surface area (Å²) in [7, 11) is 5.86. The summed E-state index contributed by atoms with van der Waals surface area (Å²) in [5.41, 5.74) is 2.51. The minimum Gasteiger partial charge on any atom is -0.385 e. The first-order chi connectivity index (χ1) is 15.0. The van der Waals surface area contributed by atoms with E-state index >= 15 is 0 Å². The van der Waals surface area contributed by atoms with E-state index in [0.717, 1.165) is 71.2 Å². The third kappa shape index (κ3) is 8.54. The summed E-state index contributed by atoms with van der Waals surface area (Å²) in [6.07, 6.45) is 8.04. The average Bonchev–Trinajstić information content (AvgIpc) is 3.22. The lowest BCUT2D eigenvalue weighted by molar-refractivity contribution is -0.137. The van der Waals surface area contributed by atoms with Crippen LogP contribution in [0.15, 0.2) is 6.20 Å². The van der Waals surface area contributed by atoms with E-state index < -0.39 is 0 Å². The van der Waals surface area contributed by atoms with Crippen LogP contribution in [0, 0.1) is 11.8 Å². The number of nitrogens with one attached hydrogen (secondary N) is 2. The summed E-state index contributed by atoms with van der Waals surface area (Å²) in [4.78, 5) is 17.7. The minimum absolute atomic E-state index is 0.159. The van der Waals surface area contributed by atoms with Crippen LogP contribution in [0.25, 0.3) is 0 Å². The molecule has 1 aromatic rings. The summed E-state index contributed by atoms with van der Waals surface area (Å²) < 4.78 is 5.20. The molecule has 7 heteroatoms. The van der Waals surface area contributed by atoms with Crippen molar-refractivity contribution >= 4 is 5.91 Å². The van der Waals surface area contributed by atoms with Crippen molar-refractivity contribution in [2.45, 2.75) is 64.8 Å². The van der Waals surface area contributed by atoms with Crippen molar-refractivity contribution in [3.8, 4) is 0 Å². The van der Waals surface area contributed by atoms with Gasteiger partial charge in [0.1, 0.15) is 0 Å². The molecule has 0 aromatic carbocycles. The second-order valence-electron chi connectivity index (χ2n) is 9.54. The van der Waals surface area contributed by atoms with Crippen molar-refractivity contribution in [2.75, 3.05) is 54.0 Å². The fourth-order valence-electron chi connectivity index (χ4n) is 4.50. The highest BCUT2D eigenvalue weighted by Gasteiger charge is 2.31. The molecule has 178 valence electrons. The summed E-state index contributed by atoms with van der Waals surface area (Å²) >= 11 is 0. The van der Waals surface area contributed by atoms with Crippen molar-refractivity contribution in [2.24, 2.45) is 11.8 Å². The molecular formula is C24H45N5O2. The Morgan fingerprint density at radius 2 is 2.00 bits per heavy atom. The first kappa shape index (κ1) is 25.8. The molecule has 31 heavy (non-hydrogen) atoms. The normalized spacial score (nSPS) is 19.3. The van der Waals surface area contributed by atoms with Crippen LogP contribution in [0.2, 0.25) is 0 Å². The number of hydrogen-bond donors (Lipinski definition) is 2. The molecule has 7 nitrogen and oxygen atoms in total. The molecule has 0 saturated heterocycles. The van der Waals surface area contributed by atoms with Gasteiger partial charge in [0.15, 0.2) is 0 Å². The van der Waals surface area contributed by atoms with E-state index in [9.17, 15) is 4.79 Å². The van der Waals surface area contributed by atoms with E-state index in [2.05, 4.69) is 46.2 Å². The third-order valence-electron chi connectivity index (χ3n) is 6.46. The Morgan fingerprint density at radius 3 is 2.65 bits per heavy atom. The number of methoxy groups -OCH3 is 1. The third-order valence-corrected chi connectivity index (χ3v) is 6.46. The molecule has 1 amide bonds. The number of amides is 1. The lowest BCUT2D eigenvalue weighted by atomic mass is 9.79. The van der Waals surface area contributed by atoms with Gasteiger partial charge < -0.3 is 19.9 Å². The smallest absolute Gasteiger partial charge is 0.225 e. The predicted octanol–water partition coefficient (Wildman–Crippen LogP) is 3.25. The van der Waals surface area contributed by atoms with E-state index in [1.54, 1.807) is 7.11 Å². The first-order valence-electron chi connectivity index (χ1n) is 12.1. The average molecular weight is 436 g/mol. The number of nitrogens with zero attached hydrogens (tertiary/aromatic N) is 3. The van der Waals surface area contributed by atoms with E-state index in [4.69, 9.17) is 4.74 Å². The van der Waals surface area contributed by atoms with Crippen molar-refractivity contribution in [3.05, 3.63) is 17.5 Å². The zero-order valence-electron chi connectivity index (χ0n) is 20.5. The van der Waals surface area contributed by atoms with Crippen LogP contribution in [-0.2, 0) is 16.1 Å². The highest BCUT2D eigenvalue weighted by atomic mass is 16.5. The molecule has 1 fully saturated rings. The van der Waals surface area contributed by atoms with Gasteiger partial charge in [-0.25, -0.2) is 0 Å². The summed E-state index contributed by atoms with van der Waals surface area (Å²) in [6, 6.07) is 0. The SMILES string of the molecule is CNCCN(C)Cc1c[nH]nc1C1CCC(C(=O)N(CCCOC)CCC(C)C)CC1. The Labute approximate surface area is 189 Å². The fourth-order valence-corrected chi connectivity index (χ4v) is 4.50. The highest BCUT2D eigenvalue weighted by molar-refractivity contribution is 5.79. The molecule has 0 spiro atoms. The fraction of sp³-hybridized carbons (Fsp3) is 0.833. The zero-order valence-corrected chi connectivity index (χ0v) is 20.5. The van der Waals surface area contributed by atoms with Crippen LogP contribution < -0.4 is 5.32 Å². The molecule has 0 aliphatic heterocycles. The van der Waals surface area contributed by atoms with Crippen molar-refractivity contribution < 1.29 is 9.53 Å². The second-order valence-corrected chi connectivity index (χ2v) is 9.54. The van der Waals surface area contributed by atoms with Crippen molar-refractivity contribution in [1.29, 1.82) is 0 Å². The number of rotatable bonds is 14. The standard InChI is InChI=1S/C24H45N5O2/c1-19(2)11-14-29(13-6-16-31-5)24(30)21-9-7-20(8-10-21)23-22(17-26-27-23)18-28(4)15-12-25-3/h17,19-21,25H,6-16,18H2,1-5H3,(H,26,27). The number of carbonyl (C=O) groups is 1. The number of carbonyl (C=O) groups excluding carboxylic acids is 1. The van der Waals surface area contributed by atoms with Crippen molar-refractivity contribution in [1.82, 2.24) is 25.3 Å². The van der Waals surface area contributed by atoms with E-state index in [-0.39, 0.29) is 5.92 Å². The molecule has 1 saturated carbocycles. The Bertz CT molecular complexity index is 625. The lowest BCUT2D eigenvalue weighted by Crippen LogP contribution is -2.39. The second kappa shape index (κ2) is 13.9. The van der Waals surface area contributed by atoms with Gasteiger partial charge in [0.25, 0.3) is 0 Å². The molecule has 0 unspecified atom stereocenters. The Morgan fingerprint density at radius 1 is 1.26 bits per heavy atom. The summed E-state index contributed by atoms with van der Waals surface area (Å²) in [6.45, 7) is 9.73. The van der Waals surface area contributed by atoms with E-state index in [1.807, 2.05) is 13.2 Å². The minimum atomic E-state index is 0.159. The number of likely N-dealkylation sites (N-methyl/N-ethyl adjacent to an activating group) is 2. The lowest BCUT2D eigenvalue weighted by Gasteiger charge is -2.32. The highest BCUT2D eigenvalue weighted by Crippen LogP contribution is 2.37. The number of aromatic nitrogens is 2. The Kier molecular flexibility index (Phi) is 11.5. The predicted molar refractivity (Wildman–Crippen MR) is 126 cm³/mol. The van der Waals surface area contributed by atoms with Crippen LogP contribution in [0.4, 0.5) is 0 Å². The van der Waals surface area contributed by atoms with Crippen LogP contribution >= 0.6 is 0 Å². The van der Waals surface area contributed by atoms with Crippen molar-refractivity contribution in [3.63, 3.8) is 0 Å². The quantitative estimate of drug-likeness (QED) is 0.439. The van der Waals surface area contributed by atoms with Gasteiger partial charge in [-0.1, -0.05) is 13.8 Å². The maximum absolute atomic E-state index is 13.3. The number of hydrogen-bond acceptors (Lipinski definition) is 5. The van der Waals surface area contributed by atoms with Gasteiger partial charge in [-0.2, -0.15) is 5.10 Å². The number of ether oxygens (including phenoxy) is 1. The maximum atomic E-state index is 13.3. The molecule has 2 rings (SSSR count). The topological polar surface area (TPSA) is 73.5 Å². The van der Waals surface area contributed by atoms with Crippen LogP contribution in [0.1, 0.15) is 69.5 Å². The molecule has 0 bridgehead atoms. The van der Waals surface area contributed by atoms with Crippen LogP contribution in [-0.4, -0.2) is 79.9 Å².